The van der Waals surface area contributed by atoms with Gasteiger partial charge in [-0.2, -0.15) is 8.75 Å². The maximum absolute atomic E-state index is 13.1. The summed E-state index contributed by atoms with van der Waals surface area (Å²) in [7, 11) is 0. The Hall–Kier alpha value is -3.00. The first-order chi connectivity index (χ1) is 15.5. The fraction of sp³-hybridized carbons (Fsp3) is 0.160. The van der Waals surface area contributed by atoms with Gasteiger partial charge in [0.25, 0.3) is 5.79 Å². The Labute approximate surface area is 194 Å². The molecule has 32 heavy (non-hydrogen) atoms. The number of carbonyl (C=O) groups excluding carboxylic acids is 1. The van der Waals surface area contributed by atoms with Crippen LogP contribution in [-0.4, -0.2) is 26.1 Å². The highest BCUT2D eigenvalue weighted by atomic mass is 32.2. The first-order valence-electron chi connectivity index (χ1n) is 10.1. The second kappa shape index (κ2) is 8.16. The first kappa shape index (κ1) is 20.9. The van der Waals surface area contributed by atoms with Gasteiger partial charge in [-0.05, 0) is 48.6 Å². The van der Waals surface area contributed by atoms with Crippen LogP contribution in [0.2, 0.25) is 0 Å². The molecule has 3 aromatic carbocycles. The molecule has 1 aliphatic heterocycles. The molecule has 1 aromatic heterocycles. The van der Waals surface area contributed by atoms with E-state index < -0.39 is 11.8 Å². The van der Waals surface area contributed by atoms with E-state index in [1.165, 1.54) is 0 Å². The lowest BCUT2D eigenvalue weighted by Crippen LogP contribution is -2.29. The van der Waals surface area contributed by atoms with E-state index >= 15 is 0 Å². The standard InChI is InChI=1S/C25H20N2O3S2/c1-15-3-5-16(6-4-15)13-20-23(17-7-12-21-22(14-17)27-32-26-21)24(28)30-25(20,29)18-8-10-19(31-2)11-9-18/h3-12,14,29H,13H2,1-2H3. The number of aromatic nitrogens is 2. The zero-order valence-corrected chi connectivity index (χ0v) is 19.2. The first-order valence-corrected chi connectivity index (χ1v) is 12.1. The van der Waals surface area contributed by atoms with Gasteiger partial charge in [-0.25, -0.2) is 4.79 Å². The number of aliphatic hydroxyl groups is 1. The highest BCUT2D eigenvalue weighted by Crippen LogP contribution is 2.45. The normalized spacial score (nSPS) is 18.4. The molecule has 0 saturated carbocycles. The predicted octanol–water partition coefficient (Wildman–Crippen LogP) is 5.12. The molecule has 160 valence electrons. The lowest BCUT2D eigenvalue weighted by molar-refractivity contribution is -0.185. The van der Waals surface area contributed by atoms with Crippen molar-refractivity contribution < 1.29 is 14.6 Å². The number of ether oxygens (including phenoxy) is 1. The van der Waals surface area contributed by atoms with E-state index in [9.17, 15) is 9.90 Å². The fourth-order valence-corrected chi connectivity index (χ4v) is 4.86. The third-order valence-corrected chi connectivity index (χ3v) is 6.98. The Morgan fingerprint density at radius 3 is 2.44 bits per heavy atom. The van der Waals surface area contributed by atoms with Crippen molar-refractivity contribution in [2.24, 2.45) is 0 Å². The summed E-state index contributed by atoms with van der Waals surface area (Å²) in [5.41, 5.74) is 5.69. The van der Waals surface area contributed by atoms with Crippen LogP contribution in [0.4, 0.5) is 0 Å². The molecule has 2 heterocycles. The highest BCUT2D eigenvalue weighted by molar-refractivity contribution is 7.98. The van der Waals surface area contributed by atoms with Crippen LogP contribution in [0.5, 0.6) is 0 Å². The SMILES string of the molecule is CSc1ccc(C2(O)OC(=O)C(c3ccc4nsnc4c3)=C2Cc2ccc(C)cc2)cc1. The summed E-state index contributed by atoms with van der Waals surface area (Å²) >= 11 is 2.74. The van der Waals surface area contributed by atoms with Crippen molar-refractivity contribution >= 4 is 46.1 Å². The van der Waals surface area contributed by atoms with Gasteiger partial charge in [0.05, 0.1) is 17.3 Å². The van der Waals surface area contributed by atoms with Crippen LogP contribution in [0.15, 0.2) is 77.2 Å². The Balaban J connectivity index is 1.68. The number of cyclic esters (lactones) is 1. The van der Waals surface area contributed by atoms with Crippen LogP contribution in [-0.2, 0) is 21.7 Å². The average molecular weight is 461 g/mol. The Bertz CT molecular complexity index is 1340. The quantitative estimate of drug-likeness (QED) is 0.329. The van der Waals surface area contributed by atoms with Gasteiger partial charge in [-0.1, -0.05) is 48.0 Å². The van der Waals surface area contributed by atoms with Crippen molar-refractivity contribution in [2.75, 3.05) is 6.26 Å². The van der Waals surface area contributed by atoms with Gasteiger partial charge >= 0.3 is 5.97 Å². The van der Waals surface area contributed by atoms with Crippen molar-refractivity contribution in [3.8, 4) is 0 Å². The van der Waals surface area contributed by atoms with Gasteiger partial charge in [0, 0.05) is 22.5 Å². The van der Waals surface area contributed by atoms with Crippen LogP contribution in [0.1, 0.15) is 22.3 Å². The minimum Gasteiger partial charge on any atom is -0.421 e. The van der Waals surface area contributed by atoms with E-state index in [1.54, 1.807) is 11.8 Å². The summed E-state index contributed by atoms with van der Waals surface area (Å²) in [6.07, 6.45) is 2.36. The maximum atomic E-state index is 13.1. The van der Waals surface area contributed by atoms with Crippen LogP contribution >= 0.6 is 23.5 Å². The third-order valence-electron chi connectivity index (χ3n) is 5.68. The Morgan fingerprint density at radius 2 is 1.72 bits per heavy atom. The van der Waals surface area contributed by atoms with Crippen molar-refractivity contribution in [2.45, 2.75) is 24.0 Å². The largest absolute Gasteiger partial charge is 0.421 e. The molecule has 0 amide bonds. The van der Waals surface area contributed by atoms with Gasteiger partial charge in [0.2, 0.25) is 0 Å². The summed E-state index contributed by atoms with van der Waals surface area (Å²) in [5.74, 6) is -2.39. The lowest BCUT2D eigenvalue weighted by Gasteiger charge is -2.26. The van der Waals surface area contributed by atoms with Crippen molar-refractivity contribution in [3.05, 3.63) is 94.6 Å². The molecular weight excluding hydrogens is 440 g/mol. The Kier molecular flexibility index (Phi) is 5.33. The minimum absolute atomic E-state index is 0.371. The van der Waals surface area contributed by atoms with Crippen LogP contribution < -0.4 is 0 Å². The number of carbonyl (C=O) groups is 1. The molecule has 7 heteroatoms. The van der Waals surface area contributed by atoms with E-state index in [-0.39, 0.29) is 0 Å². The van der Waals surface area contributed by atoms with E-state index in [4.69, 9.17) is 4.74 Å². The zero-order valence-electron chi connectivity index (χ0n) is 17.5. The molecule has 5 rings (SSSR count). The maximum Gasteiger partial charge on any atom is 0.342 e. The van der Waals surface area contributed by atoms with Crippen LogP contribution in [0.3, 0.4) is 0 Å². The van der Waals surface area contributed by atoms with Gasteiger partial charge in [-0.3, -0.25) is 0 Å². The van der Waals surface area contributed by atoms with Gasteiger partial charge in [-0.15, -0.1) is 11.8 Å². The number of nitrogens with zero attached hydrogens (tertiary/aromatic N) is 2. The fourth-order valence-electron chi connectivity index (χ4n) is 3.94. The topological polar surface area (TPSA) is 72.3 Å². The number of aryl methyl sites for hydroxylation is 1. The van der Waals surface area contributed by atoms with Crippen LogP contribution in [0.25, 0.3) is 16.6 Å². The molecule has 0 radical (unpaired) electrons. The monoisotopic (exact) mass is 460 g/mol. The van der Waals surface area contributed by atoms with Crippen molar-refractivity contribution in [3.63, 3.8) is 0 Å². The number of hydrogen-bond acceptors (Lipinski definition) is 7. The van der Waals surface area contributed by atoms with Crippen molar-refractivity contribution in [1.82, 2.24) is 8.75 Å². The number of benzene rings is 3. The molecule has 1 aliphatic rings. The summed E-state index contributed by atoms with van der Waals surface area (Å²) < 4.78 is 14.2. The molecule has 4 aromatic rings. The van der Waals surface area contributed by atoms with Crippen LogP contribution in [0, 0.1) is 6.92 Å². The zero-order chi connectivity index (χ0) is 22.3. The van der Waals surface area contributed by atoms with Crippen molar-refractivity contribution in [1.29, 1.82) is 0 Å². The predicted molar refractivity (Wildman–Crippen MR) is 127 cm³/mol. The molecule has 1 N–H and O–H groups in total. The number of fused-ring (bicyclic) bond motifs is 1. The molecule has 0 aliphatic carbocycles. The molecule has 1 unspecified atom stereocenters. The van der Waals surface area contributed by atoms with E-state index in [2.05, 4.69) is 8.75 Å². The van der Waals surface area contributed by atoms with E-state index in [0.29, 0.717) is 34.2 Å². The number of rotatable bonds is 5. The molecule has 0 bridgehead atoms. The van der Waals surface area contributed by atoms with Gasteiger partial charge < -0.3 is 9.84 Å². The summed E-state index contributed by atoms with van der Waals surface area (Å²) in [4.78, 5) is 14.2. The Morgan fingerprint density at radius 1 is 1.00 bits per heavy atom. The summed E-state index contributed by atoms with van der Waals surface area (Å²) in [5, 5.41) is 11.7. The number of esters is 1. The smallest absolute Gasteiger partial charge is 0.342 e. The second-order valence-corrected chi connectivity index (χ2v) is 9.15. The summed E-state index contributed by atoms with van der Waals surface area (Å²) in [6.45, 7) is 2.03. The summed E-state index contributed by atoms with van der Waals surface area (Å²) in [6, 6.07) is 21.0. The third kappa shape index (κ3) is 3.62. The lowest BCUT2D eigenvalue weighted by atomic mass is 9.88. The number of thioether (sulfide) groups is 1. The molecule has 0 fully saturated rings. The molecule has 0 saturated heterocycles. The second-order valence-electron chi connectivity index (χ2n) is 7.75. The number of hydrogen-bond donors (Lipinski definition) is 1. The molecule has 0 spiro atoms. The van der Waals surface area contributed by atoms with Gasteiger partial charge in [0.1, 0.15) is 11.0 Å². The molecular formula is C25H20N2O3S2. The van der Waals surface area contributed by atoms with E-state index in [1.807, 2.05) is 79.9 Å². The highest BCUT2D eigenvalue weighted by Gasteiger charge is 2.48. The van der Waals surface area contributed by atoms with E-state index in [0.717, 1.165) is 33.3 Å². The average Bonchev–Trinajstić information content (AvgIpc) is 3.37. The molecule has 1 atom stereocenters. The molecule has 5 nitrogen and oxygen atoms in total. The van der Waals surface area contributed by atoms with Gasteiger partial charge in [0.15, 0.2) is 0 Å². The minimum atomic E-state index is -1.84.